The van der Waals surface area contributed by atoms with Gasteiger partial charge in [-0.1, -0.05) is 25.5 Å². The lowest BCUT2D eigenvalue weighted by Gasteiger charge is -2.09. The molecule has 0 atom stereocenters. The van der Waals surface area contributed by atoms with Crippen molar-refractivity contribution in [2.75, 3.05) is 11.9 Å². The SMILES string of the molecule is CCCCOc1ccc(C=CC(=O)Nc2nc(-c3ccc(OC(C)C)cc3)cs2)cc1. The number of thiazole rings is 1. The molecule has 6 heteroatoms. The van der Waals surface area contributed by atoms with E-state index in [1.54, 1.807) is 6.08 Å². The van der Waals surface area contributed by atoms with Crippen LogP contribution < -0.4 is 14.8 Å². The van der Waals surface area contributed by atoms with Crippen LogP contribution in [-0.2, 0) is 4.79 Å². The number of benzene rings is 2. The summed E-state index contributed by atoms with van der Waals surface area (Å²) < 4.78 is 11.3. The number of hydrogen-bond acceptors (Lipinski definition) is 5. The summed E-state index contributed by atoms with van der Waals surface area (Å²) >= 11 is 1.40. The molecule has 0 aliphatic heterocycles. The number of aromatic nitrogens is 1. The van der Waals surface area contributed by atoms with Gasteiger partial charge in [-0.2, -0.15) is 0 Å². The first-order valence-corrected chi connectivity index (χ1v) is 11.4. The third-order valence-electron chi connectivity index (χ3n) is 4.33. The van der Waals surface area contributed by atoms with Crippen molar-refractivity contribution in [2.45, 2.75) is 39.7 Å². The minimum absolute atomic E-state index is 0.136. The van der Waals surface area contributed by atoms with Crippen molar-refractivity contribution in [3.8, 4) is 22.8 Å². The smallest absolute Gasteiger partial charge is 0.250 e. The second-order valence-electron chi connectivity index (χ2n) is 7.32. The zero-order valence-electron chi connectivity index (χ0n) is 18.1. The van der Waals surface area contributed by atoms with E-state index in [2.05, 4.69) is 17.2 Å². The number of carbonyl (C=O) groups excluding carboxylic acids is 1. The maximum atomic E-state index is 12.2. The number of unbranched alkanes of at least 4 members (excludes halogenated alkanes) is 1. The van der Waals surface area contributed by atoms with Crippen LogP contribution >= 0.6 is 11.3 Å². The van der Waals surface area contributed by atoms with Crippen LogP contribution in [0.4, 0.5) is 5.13 Å². The Morgan fingerprint density at radius 2 is 1.81 bits per heavy atom. The number of nitrogens with zero attached hydrogens (tertiary/aromatic N) is 1. The largest absolute Gasteiger partial charge is 0.494 e. The highest BCUT2D eigenvalue weighted by Gasteiger charge is 2.07. The number of ether oxygens (including phenoxy) is 2. The number of anilines is 1. The molecule has 3 aromatic rings. The number of hydrogen-bond donors (Lipinski definition) is 1. The number of amides is 1. The van der Waals surface area contributed by atoms with E-state index in [4.69, 9.17) is 9.47 Å². The van der Waals surface area contributed by atoms with E-state index in [1.165, 1.54) is 17.4 Å². The molecule has 162 valence electrons. The molecule has 0 saturated heterocycles. The van der Waals surface area contributed by atoms with Gasteiger partial charge in [-0.25, -0.2) is 4.98 Å². The summed E-state index contributed by atoms with van der Waals surface area (Å²) in [7, 11) is 0. The predicted octanol–water partition coefficient (Wildman–Crippen LogP) is 6.43. The van der Waals surface area contributed by atoms with E-state index in [-0.39, 0.29) is 12.0 Å². The average molecular weight is 437 g/mol. The highest BCUT2D eigenvalue weighted by Crippen LogP contribution is 2.27. The van der Waals surface area contributed by atoms with Crippen LogP contribution in [0.25, 0.3) is 17.3 Å². The molecular formula is C25H28N2O3S. The summed E-state index contributed by atoms with van der Waals surface area (Å²) in [5.41, 5.74) is 2.73. The van der Waals surface area contributed by atoms with Gasteiger partial charge in [0.15, 0.2) is 5.13 Å². The van der Waals surface area contributed by atoms with Crippen LogP contribution in [0.15, 0.2) is 60.0 Å². The molecule has 2 aromatic carbocycles. The van der Waals surface area contributed by atoms with E-state index in [0.29, 0.717) is 5.13 Å². The molecule has 0 spiro atoms. The van der Waals surface area contributed by atoms with Crippen molar-refractivity contribution in [2.24, 2.45) is 0 Å². The van der Waals surface area contributed by atoms with Crippen LogP contribution in [-0.4, -0.2) is 23.6 Å². The van der Waals surface area contributed by atoms with Crippen LogP contribution in [0.5, 0.6) is 11.5 Å². The van der Waals surface area contributed by atoms with E-state index >= 15 is 0 Å². The predicted molar refractivity (Wildman–Crippen MR) is 128 cm³/mol. The second kappa shape index (κ2) is 11.3. The average Bonchev–Trinajstić information content (AvgIpc) is 3.22. The molecule has 0 radical (unpaired) electrons. The standard InChI is InChI=1S/C25H28N2O3S/c1-4-5-16-29-21-11-6-19(7-12-21)8-15-24(28)27-25-26-23(17-31-25)20-9-13-22(14-10-20)30-18(2)3/h6-15,17-18H,4-5,16H2,1-3H3,(H,26,27,28). The number of carbonyl (C=O) groups is 1. The molecular weight excluding hydrogens is 408 g/mol. The lowest BCUT2D eigenvalue weighted by Crippen LogP contribution is -2.07. The van der Waals surface area contributed by atoms with E-state index in [0.717, 1.165) is 47.8 Å². The molecule has 0 aliphatic rings. The molecule has 0 bridgehead atoms. The van der Waals surface area contributed by atoms with Gasteiger partial charge in [-0.3, -0.25) is 10.1 Å². The Morgan fingerprint density at radius 1 is 1.10 bits per heavy atom. The highest BCUT2D eigenvalue weighted by atomic mass is 32.1. The lowest BCUT2D eigenvalue weighted by atomic mass is 10.2. The molecule has 0 fully saturated rings. The summed E-state index contributed by atoms with van der Waals surface area (Å²) in [6.45, 7) is 6.85. The van der Waals surface area contributed by atoms with Crippen molar-refractivity contribution in [3.05, 3.63) is 65.6 Å². The van der Waals surface area contributed by atoms with E-state index in [9.17, 15) is 4.79 Å². The Balaban J connectivity index is 1.53. The third-order valence-corrected chi connectivity index (χ3v) is 5.09. The molecule has 5 nitrogen and oxygen atoms in total. The first-order valence-electron chi connectivity index (χ1n) is 10.5. The quantitative estimate of drug-likeness (QED) is 0.294. The van der Waals surface area contributed by atoms with E-state index < -0.39 is 0 Å². The Bertz CT molecular complexity index is 992. The Labute approximate surface area is 187 Å². The summed E-state index contributed by atoms with van der Waals surface area (Å²) in [6.07, 6.45) is 5.56. The molecule has 1 amide bonds. The van der Waals surface area contributed by atoms with Crippen molar-refractivity contribution in [1.82, 2.24) is 4.98 Å². The molecule has 1 heterocycles. The summed E-state index contributed by atoms with van der Waals surface area (Å²) in [5, 5.41) is 5.31. The molecule has 31 heavy (non-hydrogen) atoms. The fraction of sp³-hybridized carbons (Fsp3) is 0.280. The monoisotopic (exact) mass is 436 g/mol. The molecule has 0 aliphatic carbocycles. The van der Waals surface area contributed by atoms with Crippen LogP contribution in [0, 0.1) is 0 Å². The van der Waals surface area contributed by atoms with Gasteiger partial charge in [-0.05, 0) is 68.3 Å². The highest BCUT2D eigenvalue weighted by molar-refractivity contribution is 7.14. The van der Waals surface area contributed by atoms with E-state index in [1.807, 2.05) is 67.8 Å². The first kappa shape index (κ1) is 22.6. The topological polar surface area (TPSA) is 60.5 Å². The summed E-state index contributed by atoms with van der Waals surface area (Å²) in [5.74, 6) is 1.45. The van der Waals surface area contributed by atoms with Crippen LogP contribution in [0.3, 0.4) is 0 Å². The third kappa shape index (κ3) is 7.26. The molecule has 0 saturated carbocycles. The Hall–Kier alpha value is -3.12. The summed E-state index contributed by atoms with van der Waals surface area (Å²) in [6, 6.07) is 15.5. The van der Waals surface area contributed by atoms with Gasteiger partial charge in [-0.15, -0.1) is 11.3 Å². The van der Waals surface area contributed by atoms with Gasteiger partial charge in [0.1, 0.15) is 11.5 Å². The molecule has 1 N–H and O–H groups in total. The molecule has 1 aromatic heterocycles. The van der Waals surface area contributed by atoms with Crippen molar-refractivity contribution in [1.29, 1.82) is 0 Å². The van der Waals surface area contributed by atoms with Gasteiger partial charge >= 0.3 is 0 Å². The van der Waals surface area contributed by atoms with Gasteiger partial charge in [0.25, 0.3) is 0 Å². The molecule has 3 rings (SSSR count). The first-order chi connectivity index (χ1) is 15.0. The van der Waals surface area contributed by atoms with Crippen LogP contribution in [0.2, 0.25) is 0 Å². The zero-order chi connectivity index (χ0) is 22.1. The minimum atomic E-state index is -0.218. The van der Waals surface area contributed by atoms with Gasteiger partial charge in [0.05, 0.1) is 18.4 Å². The normalized spacial score (nSPS) is 11.1. The van der Waals surface area contributed by atoms with Crippen molar-refractivity contribution >= 4 is 28.5 Å². The number of rotatable bonds is 10. The second-order valence-corrected chi connectivity index (χ2v) is 8.18. The molecule has 0 unspecified atom stereocenters. The zero-order valence-corrected chi connectivity index (χ0v) is 18.9. The Kier molecular flexibility index (Phi) is 8.24. The fourth-order valence-corrected chi connectivity index (χ4v) is 3.49. The van der Waals surface area contributed by atoms with Crippen molar-refractivity contribution < 1.29 is 14.3 Å². The van der Waals surface area contributed by atoms with Crippen molar-refractivity contribution in [3.63, 3.8) is 0 Å². The maximum Gasteiger partial charge on any atom is 0.250 e. The summed E-state index contributed by atoms with van der Waals surface area (Å²) in [4.78, 5) is 16.8. The minimum Gasteiger partial charge on any atom is -0.494 e. The fourth-order valence-electron chi connectivity index (χ4n) is 2.77. The van der Waals surface area contributed by atoms with Crippen LogP contribution in [0.1, 0.15) is 39.2 Å². The lowest BCUT2D eigenvalue weighted by molar-refractivity contribution is -0.111. The van der Waals surface area contributed by atoms with Gasteiger partial charge < -0.3 is 9.47 Å². The maximum absolute atomic E-state index is 12.2. The number of nitrogens with one attached hydrogen (secondary N) is 1. The Morgan fingerprint density at radius 3 is 2.48 bits per heavy atom. The van der Waals surface area contributed by atoms with Gasteiger partial charge in [0.2, 0.25) is 5.91 Å². The van der Waals surface area contributed by atoms with Gasteiger partial charge in [0, 0.05) is 17.0 Å².